The van der Waals surface area contributed by atoms with Crippen molar-refractivity contribution in [2.45, 2.75) is 13.8 Å². The van der Waals surface area contributed by atoms with Crippen LogP contribution in [-0.4, -0.2) is 4.89 Å². The molecular formula is C14H13Cl2O3P. The van der Waals surface area contributed by atoms with Gasteiger partial charge >= 0.3 is 8.60 Å². The first-order valence-corrected chi connectivity index (χ1v) is 7.71. The number of rotatable bonds is 4. The minimum Gasteiger partial charge on any atom is -0.418 e. The van der Waals surface area contributed by atoms with E-state index in [1.807, 2.05) is 13.8 Å². The smallest absolute Gasteiger partial charge is 0.418 e. The van der Waals surface area contributed by atoms with Gasteiger partial charge in [-0.25, -0.2) is 0 Å². The Kier molecular flexibility index (Phi) is 5.11. The highest BCUT2D eigenvalue weighted by Crippen LogP contribution is 2.38. The van der Waals surface area contributed by atoms with Crippen LogP contribution >= 0.6 is 31.8 Å². The van der Waals surface area contributed by atoms with E-state index in [1.165, 1.54) is 0 Å². The van der Waals surface area contributed by atoms with Crippen LogP contribution in [-0.2, 0) is 0 Å². The lowest BCUT2D eigenvalue weighted by molar-refractivity contribution is 0.381. The molecule has 0 saturated carbocycles. The molecule has 20 heavy (non-hydrogen) atoms. The molecule has 0 amide bonds. The molecule has 0 atom stereocenters. The molecule has 0 aliphatic heterocycles. The Labute approximate surface area is 129 Å². The second-order valence-corrected chi connectivity index (χ2v) is 5.90. The number of benzene rings is 2. The van der Waals surface area contributed by atoms with E-state index in [4.69, 9.17) is 32.2 Å². The van der Waals surface area contributed by atoms with E-state index in [0.717, 1.165) is 11.1 Å². The van der Waals surface area contributed by atoms with Gasteiger partial charge in [-0.15, -0.1) is 0 Å². The molecule has 0 saturated heterocycles. The maximum atomic E-state index is 9.83. The molecule has 0 bridgehead atoms. The van der Waals surface area contributed by atoms with E-state index in [2.05, 4.69) is 0 Å². The first-order valence-electron chi connectivity index (χ1n) is 5.83. The molecule has 3 nitrogen and oxygen atoms in total. The van der Waals surface area contributed by atoms with E-state index in [0.29, 0.717) is 21.5 Å². The molecule has 0 aromatic heterocycles. The quantitative estimate of drug-likeness (QED) is 0.774. The van der Waals surface area contributed by atoms with E-state index in [9.17, 15) is 4.89 Å². The summed E-state index contributed by atoms with van der Waals surface area (Å²) in [7, 11) is -2.06. The van der Waals surface area contributed by atoms with Crippen LogP contribution in [0, 0.1) is 13.8 Å². The molecule has 0 heterocycles. The number of hydrogen-bond donors (Lipinski definition) is 1. The molecule has 2 aromatic rings. The zero-order valence-electron chi connectivity index (χ0n) is 10.9. The van der Waals surface area contributed by atoms with Crippen LogP contribution in [0.4, 0.5) is 0 Å². The van der Waals surface area contributed by atoms with Gasteiger partial charge in [0, 0.05) is 10.0 Å². The summed E-state index contributed by atoms with van der Waals surface area (Å²) in [6, 6.07) is 10.3. The lowest BCUT2D eigenvalue weighted by Crippen LogP contribution is -1.95. The molecule has 2 aromatic carbocycles. The normalized spacial score (nSPS) is 10.7. The molecule has 106 valence electrons. The van der Waals surface area contributed by atoms with Crippen LogP contribution in [0.5, 0.6) is 11.5 Å². The monoisotopic (exact) mass is 330 g/mol. The summed E-state index contributed by atoms with van der Waals surface area (Å²) in [6.45, 7) is 3.72. The lowest BCUT2D eigenvalue weighted by atomic mass is 10.2. The van der Waals surface area contributed by atoms with Crippen LogP contribution in [0.15, 0.2) is 36.4 Å². The topological polar surface area (TPSA) is 38.7 Å². The predicted molar refractivity (Wildman–Crippen MR) is 82.8 cm³/mol. The van der Waals surface area contributed by atoms with Crippen molar-refractivity contribution in [3.8, 4) is 11.5 Å². The van der Waals surface area contributed by atoms with Crippen molar-refractivity contribution in [2.75, 3.05) is 0 Å². The summed E-state index contributed by atoms with van der Waals surface area (Å²) in [5.41, 5.74) is 1.74. The second-order valence-electron chi connectivity index (χ2n) is 4.24. The van der Waals surface area contributed by atoms with E-state index < -0.39 is 8.60 Å². The van der Waals surface area contributed by atoms with Gasteiger partial charge in [0.15, 0.2) is 0 Å². The molecule has 2 rings (SSSR count). The van der Waals surface area contributed by atoms with Gasteiger partial charge in [0.1, 0.15) is 11.5 Å². The van der Waals surface area contributed by atoms with E-state index in [-0.39, 0.29) is 0 Å². The first-order chi connectivity index (χ1) is 9.45. The molecule has 6 heteroatoms. The third-order valence-electron chi connectivity index (χ3n) is 2.63. The molecule has 0 aliphatic rings. The summed E-state index contributed by atoms with van der Waals surface area (Å²) in [6.07, 6.45) is 0. The fourth-order valence-corrected chi connectivity index (χ4v) is 2.41. The average Bonchev–Trinajstić information content (AvgIpc) is 2.38. The van der Waals surface area contributed by atoms with Crippen molar-refractivity contribution in [1.29, 1.82) is 0 Å². The van der Waals surface area contributed by atoms with Crippen molar-refractivity contribution in [3.05, 3.63) is 57.6 Å². The number of aryl methyl sites for hydroxylation is 2. The minimum atomic E-state index is -2.06. The summed E-state index contributed by atoms with van der Waals surface area (Å²) in [5, 5.41) is 1.29. The second kappa shape index (κ2) is 6.64. The zero-order chi connectivity index (χ0) is 14.7. The fraction of sp³-hybridized carbons (Fsp3) is 0.143. The van der Waals surface area contributed by atoms with Gasteiger partial charge in [0.25, 0.3) is 0 Å². The van der Waals surface area contributed by atoms with Gasteiger partial charge in [-0.2, -0.15) is 0 Å². The van der Waals surface area contributed by atoms with Gasteiger partial charge in [0.2, 0.25) is 0 Å². The highest BCUT2D eigenvalue weighted by atomic mass is 35.5. The summed E-state index contributed by atoms with van der Waals surface area (Å²) < 4.78 is 10.7. The van der Waals surface area contributed by atoms with Crippen LogP contribution < -0.4 is 9.05 Å². The highest BCUT2D eigenvalue weighted by molar-refractivity contribution is 7.41. The van der Waals surface area contributed by atoms with Crippen LogP contribution in [0.25, 0.3) is 0 Å². The lowest BCUT2D eigenvalue weighted by Gasteiger charge is -2.13. The third-order valence-corrected chi connectivity index (χ3v) is 4.21. The molecule has 0 aliphatic carbocycles. The van der Waals surface area contributed by atoms with Crippen molar-refractivity contribution >= 4 is 31.8 Å². The predicted octanol–water partition coefficient (Wildman–Crippen LogP) is 5.29. The van der Waals surface area contributed by atoms with Gasteiger partial charge in [-0.05, 0) is 61.4 Å². The van der Waals surface area contributed by atoms with E-state index >= 15 is 0 Å². The van der Waals surface area contributed by atoms with Crippen LogP contribution in [0.2, 0.25) is 10.0 Å². The SMILES string of the molecule is Cc1cc(OP(O)Oc2ccc(Cl)c(C)c2)ccc1Cl. The summed E-state index contributed by atoms with van der Waals surface area (Å²) >= 11 is 11.8. The molecule has 0 radical (unpaired) electrons. The molecule has 0 unspecified atom stereocenters. The zero-order valence-corrected chi connectivity index (χ0v) is 13.3. The van der Waals surface area contributed by atoms with Crippen molar-refractivity contribution in [3.63, 3.8) is 0 Å². The Balaban J connectivity index is 2.02. The molecule has 0 fully saturated rings. The van der Waals surface area contributed by atoms with E-state index in [1.54, 1.807) is 36.4 Å². The first kappa shape index (κ1) is 15.4. The Morgan fingerprint density at radius 2 is 1.25 bits per heavy atom. The van der Waals surface area contributed by atoms with Crippen molar-refractivity contribution in [1.82, 2.24) is 0 Å². The van der Waals surface area contributed by atoms with Gasteiger partial charge < -0.3 is 13.9 Å². The maximum Gasteiger partial charge on any atom is 0.460 e. The Bertz CT molecular complexity index is 566. The minimum absolute atomic E-state index is 0.506. The summed E-state index contributed by atoms with van der Waals surface area (Å²) in [4.78, 5) is 9.83. The molecular weight excluding hydrogens is 318 g/mol. The largest absolute Gasteiger partial charge is 0.460 e. The van der Waals surface area contributed by atoms with Crippen LogP contribution in [0.1, 0.15) is 11.1 Å². The molecule has 0 spiro atoms. The third kappa shape index (κ3) is 4.00. The number of halogens is 2. The fourth-order valence-electron chi connectivity index (χ4n) is 1.55. The van der Waals surface area contributed by atoms with Crippen molar-refractivity contribution in [2.24, 2.45) is 0 Å². The van der Waals surface area contributed by atoms with Gasteiger partial charge in [-0.1, -0.05) is 23.2 Å². The summed E-state index contributed by atoms with van der Waals surface area (Å²) in [5.74, 6) is 1.01. The Hall–Kier alpha value is -0.990. The Morgan fingerprint density at radius 1 is 0.850 bits per heavy atom. The molecule has 1 N–H and O–H groups in total. The standard InChI is InChI=1S/C14H13Cl2O3P/c1-9-7-11(3-5-13(9)15)18-20(17)19-12-4-6-14(16)10(2)8-12/h3-8,17H,1-2H3. The van der Waals surface area contributed by atoms with Gasteiger partial charge in [0.05, 0.1) is 0 Å². The highest BCUT2D eigenvalue weighted by Gasteiger charge is 2.12. The maximum absolute atomic E-state index is 9.83. The van der Waals surface area contributed by atoms with Crippen LogP contribution in [0.3, 0.4) is 0 Å². The van der Waals surface area contributed by atoms with Crippen molar-refractivity contribution < 1.29 is 13.9 Å². The number of hydrogen-bond acceptors (Lipinski definition) is 3. The van der Waals surface area contributed by atoms with Gasteiger partial charge in [-0.3, -0.25) is 0 Å². The average molecular weight is 331 g/mol. The Morgan fingerprint density at radius 3 is 1.60 bits per heavy atom.